The molecule has 0 aromatic heterocycles. The van der Waals surface area contributed by atoms with Crippen molar-refractivity contribution in [2.75, 3.05) is 0 Å². The van der Waals surface area contributed by atoms with Gasteiger partial charge in [-0.2, -0.15) is 17.6 Å². The van der Waals surface area contributed by atoms with Crippen LogP contribution in [0.15, 0.2) is 30.3 Å². The van der Waals surface area contributed by atoms with E-state index in [1.54, 1.807) is 0 Å². The van der Waals surface area contributed by atoms with Gasteiger partial charge in [0.2, 0.25) is 0 Å². The molecular weight excluding hydrogens is 453 g/mol. The van der Waals surface area contributed by atoms with Crippen LogP contribution in [0.3, 0.4) is 0 Å². The monoisotopic (exact) mass is 478 g/mol. The minimum Gasteiger partial charge on any atom is -0.429 e. The highest BCUT2D eigenvalue weighted by Crippen LogP contribution is 2.37. The number of hydrogen-bond donors (Lipinski definition) is 0. The van der Waals surface area contributed by atoms with E-state index in [0.717, 1.165) is 37.3 Å². The van der Waals surface area contributed by atoms with Crippen molar-refractivity contribution in [2.24, 2.45) is 11.8 Å². The van der Waals surface area contributed by atoms with Crippen LogP contribution in [0.1, 0.15) is 56.6 Å². The molecule has 2 aromatic carbocycles. The Kier molecular flexibility index (Phi) is 8.13. The third-order valence-corrected chi connectivity index (χ3v) is 6.16. The highest BCUT2D eigenvalue weighted by atomic mass is 19.3. The molecule has 2 nitrogen and oxygen atoms in total. The van der Waals surface area contributed by atoms with Crippen molar-refractivity contribution in [3.05, 3.63) is 58.9 Å². The van der Waals surface area contributed by atoms with Gasteiger partial charge in [0.15, 0.2) is 17.4 Å². The lowest BCUT2D eigenvalue weighted by Gasteiger charge is -2.27. The standard InChI is InChI=1S/C24H25F7O2/c1-2-14-3-5-15(6-4-14)7-8-16-9-10-18(19(25)11-16)24(30,31)33-17-12-20(26)22(21(27)13-17)32-23(28)29/h9-15,23H,2-8H2,1H3/t14-,15-. The van der Waals surface area contributed by atoms with Crippen LogP contribution in [0.2, 0.25) is 0 Å². The molecule has 2 aromatic rings. The number of rotatable bonds is 9. The minimum absolute atomic E-state index is 0.258. The molecule has 0 bridgehead atoms. The summed E-state index contributed by atoms with van der Waals surface area (Å²) < 4.78 is 103. The molecule has 0 atom stereocenters. The zero-order chi connectivity index (χ0) is 24.2. The Bertz CT molecular complexity index is 917. The first kappa shape index (κ1) is 25.2. The Morgan fingerprint density at radius 1 is 0.909 bits per heavy atom. The van der Waals surface area contributed by atoms with Crippen LogP contribution in [0, 0.1) is 29.3 Å². The summed E-state index contributed by atoms with van der Waals surface area (Å²) in [5.74, 6) is -5.69. The average Bonchev–Trinajstić information content (AvgIpc) is 2.74. The van der Waals surface area contributed by atoms with Gasteiger partial charge in [-0.25, -0.2) is 13.2 Å². The molecule has 33 heavy (non-hydrogen) atoms. The fraction of sp³-hybridized carbons (Fsp3) is 0.500. The Balaban J connectivity index is 1.66. The minimum atomic E-state index is -4.26. The first-order valence-corrected chi connectivity index (χ1v) is 10.9. The van der Waals surface area contributed by atoms with E-state index in [0.29, 0.717) is 17.9 Å². The molecule has 0 radical (unpaired) electrons. The molecule has 0 N–H and O–H groups in total. The molecule has 1 fully saturated rings. The van der Waals surface area contributed by atoms with Crippen molar-refractivity contribution in [1.82, 2.24) is 0 Å². The number of ether oxygens (including phenoxy) is 2. The zero-order valence-corrected chi connectivity index (χ0v) is 18.0. The van der Waals surface area contributed by atoms with Crippen molar-refractivity contribution in [2.45, 2.75) is 64.6 Å². The van der Waals surface area contributed by atoms with Crippen LogP contribution >= 0.6 is 0 Å². The molecule has 1 aliphatic rings. The maximum Gasteiger partial charge on any atom is 0.429 e. The second-order valence-electron chi connectivity index (χ2n) is 8.36. The maximum atomic E-state index is 14.5. The topological polar surface area (TPSA) is 18.5 Å². The van der Waals surface area contributed by atoms with Gasteiger partial charge in [-0.3, -0.25) is 0 Å². The lowest BCUT2D eigenvalue weighted by molar-refractivity contribution is -0.187. The molecule has 0 heterocycles. The summed E-state index contributed by atoms with van der Waals surface area (Å²) in [5.41, 5.74) is -0.543. The largest absolute Gasteiger partial charge is 0.429 e. The predicted molar refractivity (Wildman–Crippen MR) is 108 cm³/mol. The molecular formula is C24H25F7O2. The number of hydrogen-bond acceptors (Lipinski definition) is 2. The van der Waals surface area contributed by atoms with Crippen molar-refractivity contribution < 1.29 is 40.2 Å². The van der Waals surface area contributed by atoms with Crippen molar-refractivity contribution in [3.8, 4) is 11.5 Å². The Hall–Kier alpha value is -2.45. The lowest BCUT2D eigenvalue weighted by Crippen LogP contribution is -2.24. The number of aryl methyl sites for hydroxylation is 1. The second kappa shape index (κ2) is 10.7. The number of alkyl halides is 4. The fourth-order valence-corrected chi connectivity index (χ4v) is 4.25. The Morgan fingerprint density at radius 2 is 1.52 bits per heavy atom. The first-order valence-electron chi connectivity index (χ1n) is 10.9. The van der Waals surface area contributed by atoms with E-state index in [2.05, 4.69) is 16.4 Å². The van der Waals surface area contributed by atoms with E-state index < -0.39 is 47.2 Å². The van der Waals surface area contributed by atoms with E-state index in [9.17, 15) is 30.7 Å². The van der Waals surface area contributed by atoms with Gasteiger partial charge in [0.05, 0.1) is 5.56 Å². The van der Waals surface area contributed by atoms with Crippen LogP contribution in [-0.4, -0.2) is 6.61 Å². The average molecular weight is 478 g/mol. The van der Waals surface area contributed by atoms with Crippen LogP contribution in [-0.2, 0) is 12.5 Å². The summed E-state index contributed by atoms with van der Waals surface area (Å²) >= 11 is 0. The molecule has 0 aliphatic heterocycles. The molecule has 182 valence electrons. The molecule has 1 aliphatic carbocycles. The van der Waals surface area contributed by atoms with Gasteiger partial charge in [-0.05, 0) is 42.4 Å². The molecule has 0 spiro atoms. The van der Waals surface area contributed by atoms with E-state index >= 15 is 0 Å². The van der Waals surface area contributed by atoms with Crippen LogP contribution in [0.4, 0.5) is 30.7 Å². The number of halogens is 7. The molecule has 0 saturated heterocycles. The van der Waals surface area contributed by atoms with Gasteiger partial charge in [0.25, 0.3) is 0 Å². The second-order valence-corrected chi connectivity index (χ2v) is 8.36. The smallest absolute Gasteiger partial charge is 0.429 e. The molecule has 3 rings (SSSR count). The van der Waals surface area contributed by atoms with Gasteiger partial charge in [0, 0.05) is 12.1 Å². The van der Waals surface area contributed by atoms with Crippen LogP contribution in [0.5, 0.6) is 11.5 Å². The third kappa shape index (κ3) is 6.54. The van der Waals surface area contributed by atoms with Crippen molar-refractivity contribution in [1.29, 1.82) is 0 Å². The number of benzene rings is 2. The van der Waals surface area contributed by atoms with E-state index in [-0.39, 0.29) is 12.1 Å². The Labute approximate surface area is 187 Å². The fourth-order valence-electron chi connectivity index (χ4n) is 4.25. The predicted octanol–water partition coefficient (Wildman–Crippen LogP) is 7.98. The highest BCUT2D eigenvalue weighted by Gasteiger charge is 2.38. The molecule has 9 heteroatoms. The summed E-state index contributed by atoms with van der Waals surface area (Å²) in [4.78, 5) is 0. The normalized spacial score (nSPS) is 19.1. The maximum absolute atomic E-state index is 14.5. The zero-order valence-electron chi connectivity index (χ0n) is 18.0. The summed E-state index contributed by atoms with van der Waals surface area (Å²) in [6, 6.07) is 3.77. The summed E-state index contributed by atoms with van der Waals surface area (Å²) in [5, 5.41) is 0. The van der Waals surface area contributed by atoms with Gasteiger partial charge in [-0.1, -0.05) is 45.1 Å². The molecule has 0 unspecified atom stereocenters. The first-order chi connectivity index (χ1) is 15.6. The van der Waals surface area contributed by atoms with Crippen LogP contribution in [0.25, 0.3) is 0 Å². The van der Waals surface area contributed by atoms with E-state index in [4.69, 9.17) is 0 Å². The van der Waals surface area contributed by atoms with E-state index in [1.165, 1.54) is 25.3 Å². The summed E-state index contributed by atoms with van der Waals surface area (Å²) in [6.07, 6.45) is 2.87. The summed E-state index contributed by atoms with van der Waals surface area (Å²) in [6.45, 7) is -1.33. The lowest BCUT2D eigenvalue weighted by atomic mass is 9.78. The van der Waals surface area contributed by atoms with Gasteiger partial charge >= 0.3 is 12.7 Å². The van der Waals surface area contributed by atoms with E-state index in [1.807, 2.05) is 0 Å². The molecule has 1 saturated carbocycles. The van der Waals surface area contributed by atoms with Gasteiger partial charge in [0.1, 0.15) is 11.6 Å². The van der Waals surface area contributed by atoms with Crippen molar-refractivity contribution in [3.63, 3.8) is 0 Å². The SMILES string of the molecule is CC[C@H]1CC[C@H](CCc2ccc(C(F)(F)Oc3cc(F)c(OC(F)F)c(F)c3)c(F)c2)CC1. The summed E-state index contributed by atoms with van der Waals surface area (Å²) in [7, 11) is 0. The Morgan fingerprint density at radius 3 is 2.06 bits per heavy atom. The highest BCUT2D eigenvalue weighted by molar-refractivity contribution is 5.36. The third-order valence-electron chi connectivity index (χ3n) is 6.16. The van der Waals surface area contributed by atoms with Gasteiger partial charge < -0.3 is 9.47 Å². The molecule has 0 amide bonds. The van der Waals surface area contributed by atoms with Crippen molar-refractivity contribution >= 4 is 0 Å². The van der Waals surface area contributed by atoms with Crippen LogP contribution < -0.4 is 9.47 Å². The quantitative estimate of drug-likeness (QED) is 0.340. The van der Waals surface area contributed by atoms with Gasteiger partial charge in [-0.15, -0.1) is 0 Å².